The smallest absolute Gasteiger partial charge is 0.306 e. The molecule has 0 aromatic rings. The zero-order valence-electron chi connectivity index (χ0n) is 19.5. The molecule has 20 heteroatoms. The molecule has 162 valence electrons. The van der Waals surface area contributed by atoms with Gasteiger partial charge in [0.2, 0.25) is 0 Å². The number of hydrogen-bond donors (Lipinski definition) is 4. The van der Waals surface area contributed by atoms with E-state index in [0.29, 0.717) is 0 Å². The monoisotopic (exact) mass is 1390 g/mol. The molecule has 0 aliphatic heterocycles. The molecule has 0 spiro atoms. The van der Waals surface area contributed by atoms with Crippen molar-refractivity contribution in [3.8, 4) is 0 Å². The van der Waals surface area contributed by atoms with Crippen LogP contribution in [0, 0.1) is 23.7 Å². The topological polar surface area (TPSA) is 149 Å². The van der Waals surface area contributed by atoms with Crippen molar-refractivity contribution in [1.82, 2.24) is 0 Å². The van der Waals surface area contributed by atoms with Crippen molar-refractivity contribution >= 4 is 23.9 Å². The normalized spacial score (nSPS) is 10.5. The Morgan fingerprint density at radius 1 is 0.471 bits per heavy atom. The van der Waals surface area contributed by atoms with E-state index in [-0.39, 0.29) is 418 Å². The Kier molecular flexibility index (Phi) is 134. The third-order valence-electron chi connectivity index (χ3n) is 3.74. The first-order valence-corrected chi connectivity index (χ1v) is 7.01. The standard InChI is InChI=1S/C14H22O8.12Y/c1-3-8(12(17)18)5-10(14(21)22)6-9(13(19)20)4-7(2)11(15)16;;;;;;;;;;;;/h7-10H,3-6H2,1-2H3,(H,15,16)(H,17,18)(H,19,20)(H,21,22);;;;;;;;;;;;/t7-,8?,9?,10?;;;;;;;;;;;;/m0............/s1. The fourth-order valence-electron chi connectivity index (χ4n) is 2.25. The fourth-order valence-corrected chi connectivity index (χ4v) is 2.25. The van der Waals surface area contributed by atoms with E-state index < -0.39 is 47.5 Å². The maximum atomic E-state index is 11.2. The van der Waals surface area contributed by atoms with Gasteiger partial charge in [-0.05, 0) is 25.7 Å². The second kappa shape index (κ2) is 53.6. The second-order valence-electron chi connectivity index (χ2n) is 5.46. The summed E-state index contributed by atoms with van der Waals surface area (Å²) < 4.78 is 0. The number of hydrogen-bond acceptors (Lipinski definition) is 4. The van der Waals surface area contributed by atoms with Gasteiger partial charge in [-0.25, -0.2) is 0 Å². The summed E-state index contributed by atoms with van der Waals surface area (Å²) in [6.07, 6.45) is -0.418. The third kappa shape index (κ3) is 45.2. The SMILES string of the molecule is CCC(CC(CC(C[C@H](C)C(=O)O)C(=O)O)C(=O)O)C(=O)O.[Y].[Y].[Y].[Y].[Y].[Y].[Y].[Y].[Y].[Y].[Y].[Y]. The van der Waals surface area contributed by atoms with Crippen LogP contribution in [0.25, 0.3) is 0 Å². The van der Waals surface area contributed by atoms with Gasteiger partial charge in [-0.1, -0.05) is 13.8 Å². The molecule has 0 rings (SSSR count). The van der Waals surface area contributed by atoms with Crippen LogP contribution in [-0.2, 0) is 412 Å². The Hall–Kier alpha value is 11.1. The van der Waals surface area contributed by atoms with Crippen molar-refractivity contribution in [1.29, 1.82) is 0 Å². The summed E-state index contributed by atoms with van der Waals surface area (Å²) in [6.45, 7) is 2.96. The Morgan fingerprint density at radius 3 is 0.912 bits per heavy atom. The second-order valence-corrected chi connectivity index (χ2v) is 5.46. The van der Waals surface area contributed by atoms with Crippen molar-refractivity contribution in [2.45, 2.75) is 39.5 Å². The number of aliphatic carboxylic acids is 4. The molecule has 8 nitrogen and oxygen atoms in total. The number of carboxylic acids is 4. The summed E-state index contributed by atoms with van der Waals surface area (Å²) in [7, 11) is 0. The van der Waals surface area contributed by atoms with Crippen LogP contribution in [0.15, 0.2) is 0 Å². The summed E-state index contributed by atoms with van der Waals surface area (Å²) in [5.41, 5.74) is 0. The van der Waals surface area contributed by atoms with Gasteiger partial charge >= 0.3 is 23.9 Å². The predicted molar refractivity (Wildman–Crippen MR) is 74.3 cm³/mol. The van der Waals surface area contributed by atoms with Gasteiger partial charge < -0.3 is 20.4 Å². The minimum atomic E-state index is -1.28. The van der Waals surface area contributed by atoms with Gasteiger partial charge in [0.05, 0.1) is 23.7 Å². The van der Waals surface area contributed by atoms with Crippen LogP contribution in [0.1, 0.15) is 39.5 Å². The van der Waals surface area contributed by atoms with Gasteiger partial charge in [0.15, 0.2) is 0 Å². The molecule has 3 unspecified atom stereocenters. The van der Waals surface area contributed by atoms with Crippen LogP contribution in [0.3, 0.4) is 0 Å². The summed E-state index contributed by atoms with van der Waals surface area (Å²) in [4.78, 5) is 44.2. The van der Waals surface area contributed by atoms with E-state index in [9.17, 15) is 24.3 Å². The molecule has 4 atom stereocenters. The van der Waals surface area contributed by atoms with Crippen molar-refractivity contribution < 1.29 is 432 Å². The van der Waals surface area contributed by atoms with Crippen molar-refractivity contribution in [2.75, 3.05) is 0 Å². The molecule has 0 aromatic heterocycles. The maximum Gasteiger partial charge on any atom is 0.306 e. The van der Waals surface area contributed by atoms with Gasteiger partial charge in [-0.15, -0.1) is 0 Å². The first-order chi connectivity index (χ1) is 10.1. The summed E-state index contributed by atoms with van der Waals surface area (Å²) in [5.74, 6) is -8.89. The molecule has 0 saturated heterocycles. The van der Waals surface area contributed by atoms with Crippen LogP contribution < -0.4 is 0 Å². The van der Waals surface area contributed by atoms with Crippen molar-refractivity contribution in [3.05, 3.63) is 0 Å². The Balaban J connectivity index is -0.0000000334. The van der Waals surface area contributed by atoms with E-state index in [1.807, 2.05) is 0 Å². The average Bonchev–Trinajstić information content (AvgIpc) is 2.40. The van der Waals surface area contributed by atoms with Gasteiger partial charge in [-0.2, -0.15) is 0 Å². The molecule has 0 aliphatic rings. The van der Waals surface area contributed by atoms with Crippen LogP contribution in [0.2, 0.25) is 0 Å². The number of carboxylic acid groups (broad SMARTS) is 4. The van der Waals surface area contributed by atoms with Gasteiger partial charge in [-0.3, -0.25) is 19.2 Å². The van der Waals surface area contributed by atoms with Gasteiger partial charge in [0.25, 0.3) is 0 Å². The first kappa shape index (κ1) is 85.1. The largest absolute Gasteiger partial charge is 0.481 e. The fraction of sp³-hybridized carbons (Fsp3) is 0.714. The predicted octanol–water partition coefficient (Wildman–Crippen LogP) is 1.36. The average molecular weight is 1390 g/mol. The van der Waals surface area contributed by atoms with Crippen LogP contribution in [0.5, 0.6) is 0 Å². The van der Waals surface area contributed by atoms with E-state index in [0.717, 1.165) is 0 Å². The molecule has 4 N–H and O–H groups in total. The van der Waals surface area contributed by atoms with Crippen LogP contribution >= 0.6 is 0 Å². The van der Waals surface area contributed by atoms with E-state index in [2.05, 4.69) is 0 Å². The van der Waals surface area contributed by atoms with E-state index in [1.54, 1.807) is 6.92 Å². The molecular weight excluding hydrogens is 1360 g/mol. The van der Waals surface area contributed by atoms with Crippen LogP contribution in [-0.4, -0.2) is 44.3 Å². The molecule has 0 bridgehead atoms. The Bertz CT molecular complexity index is 462. The Morgan fingerprint density at radius 2 is 0.706 bits per heavy atom. The van der Waals surface area contributed by atoms with E-state index in [4.69, 9.17) is 15.3 Å². The van der Waals surface area contributed by atoms with E-state index in [1.165, 1.54) is 6.92 Å². The molecule has 12 radical (unpaired) electrons. The summed E-state index contributed by atoms with van der Waals surface area (Å²) >= 11 is 0. The number of carbonyl (C=O) groups is 4. The minimum Gasteiger partial charge on any atom is -0.481 e. The van der Waals surface area contributed by atoms with Crippen molar-refractivity contribution in [3.63, 3.8) is 0 Å². The molecule has 0 aromatic carbocycles. The molecule has 0 amide bonds. The van der Waals surface area contributed by atoms with Crippen molar-refractivity contribution in [2.24, 2.45) is 23.7 Å². The van der Waals surface area contributed by atoms with Gasteiger partial charge in [0.1, 0.15) is 0 Å². The zero-order valence-corrected chi connectivity index (χ0v) is 53.5. The summed E-state index contributed by atoms with van der Waals surface area (Å²) in [6, 6.07) is 0. The number of rotatable bonds is 11. The minimum absolute atomic E-state index is 0. The molecule has 34 heavy (non-hydrogen) atoms. The summed E-state index contributed by atoms with van der Waals surface area (Å²) in [5, 5.41) is 36.1. The molecule has 0 fully saturated rings. The molecule has 0 saturated carbocycles. The van der Waals surface area contributed by atoms with E-state index >= 15 is 0 Å². The molecule has 0 heterocycles. The quantitative estimate of drug-likeness (QED) is 0.243. The molecule has 0 aliphatic carbocycles. The third-order valence-corrected chi connectivity index (χ3v) is 3.74. The maximum absolute atomic E-state index is 11.2. The molecular formula is C14H22O8Y12. The first-order valence-electron chi connectivity index (χ1n) is 7.01. The van der Waals surface area contributed by atoms with Gasteiger partial charge in [0, 0.05) is 393 Å². The Labute approximate surface area is 504 Å². The van der Waals surface area contributed by atoms with Crippen LogP contribution in [0.4, 0.5) is 0 Å². The zero-order chi connectivity index (χ0) is 17.4.